The monoisotopic (exact) mass is 372 g/mol. The maximum atomic E-state index is 12.9. The molecule has 0 aromatic heterocycles. The SMILES string of the molecule is Cc1ccc(S(=O)(=O)NC2(C)CCCCC2NCc2ccccc2)cc1. The van der Waals surface area contributed by atoms with E-state index in [-0.39, 0.29) is 6.04 Å². The predicted octanol–water partition coefficient (Wildman–Crippen LogP) is 3.76. The summed E-state index contributed by atoms with van der Waals surface area (Å²) in [4.78, 5) is 0.330. The standard InChI is InChI=1S/C21H28N2O2S/c1-17-11-13-19(14-12-17)26(24,25)23-21(2)15-7-6-10-20(21)22-16-18-8-4-3-5-9-18/h3-5,8-9,11-14,20,22-23H,6-7,10,15-16H2,1-2H3. The summed E-state index contributed by atoms with van der Waals surface area (Å²) < 4.78 is 28.8. The first-order valence-corrected chi connectivity index (χ1v) is 10.8. The Morgan fingerprint density at radius 1 is 1.04 bits per heavy atom. The first kappa shape index (κ1) is 19.1. The van der Waals surface area contributed by atoms with Gasteiger partial charge < -0.3 is 5.32 Å². The lowest BCUT2D eigenvalue weighted by Gasteiger charge is -2.42. The molecule has 2 unspecified atom stereocenters. The molecule has 3 rings (SSSR count). The van der Waals surface area contributed by atoms with Gasteiger partial charge in [0.25, 0.3) is 0 Å². The fourth-order valence-electron chi connectivity index (χ4n) is 3.70. The van der Waals surface area contributed by atoms with Gasteiger partial charge in [0.2, 0.25) is 10.0 Å². The molecule has 26 heavy (non-hydrogen) atoms. The number of aryl methyl sites for hydroxylation is 1. The Labute approximate surface area is 157 Å². The van der Waals surface area contributed by atoms with Crippen LogP contribution in [0.3, 0.4) is 0 Å². The summed E-state index contributed by atoms with van der Waals surface area (Å²) in [6, 6.07) is 17.4. The molecule has 2 N–H and O–H groups in total. The van der Waals surface area contributed by atoms with Crippen LogP contribution >= 0.6 is 0 Å². The summed E-state index contributed by atoms with van der Waals surface area (Å²) >= 11 is 0. The third kappa shape index (κ3) is 4.53. The van der Waals surface area contributed by atoms with E-state index in [1.54, 1.807) is 12.1 Å². The van der Waals surface area contributed by atoms with Gasteiger partial charge in [-0.3, -0.25) is 0 Å². The minimum atomic E-state index is -3.54. The average molecular weight is 373 g/mol. The summed E-state index contributed by atoms with van der Waals surface area (Å²) in [5.74, 6) is 0. The lowest BCUT2D eigenvalue weighted by molar-refractivity contribution is 0.213. The quantitative estimate of drug-likeness (QED) is 0.812. The zero-order valence-electron chi connectivity index (χ0n) is 15.5. The van der Waals surface area contributed by atoms with E-state index in [9.17, 15) is 8.42 Å². The van der Waals surface area contributed by atoms with Crippen molar-refractivity contribution >= 4 is 10.0 Å². The predicted molar refractivity (Wildman–Crippen MR) is 105 cm³/mol. The van der Waals surface area contributed by atoms with Gasteiger partial charge >= 0.3 is 0 Å². The molecule has 0 bridgehead atoms. The van der Waals surface area contributed by atoms with E-state index in [0.717, 1.165) is 37.8 Å². The van der Waals surface area contributed by atoms with Crippen LogP contribution in [-0.4, -0.2) is 20.0 Å². The lowest BCUT2D eigenvalue weighted by Crippen LogP contribution is -2.60. The first-order chi connectivity index (χ1) is 12.4. The molecule has 4 nitrogen and oxygen atoms in total. The largest absolute Gasteiger partial charge is 0.308 e. The summed E-state index contributed by atoms with van der Waals surface area (Å²) in [6.07, 6.45) is 3.97. The fourth-order valence-corrected chi connectivity index (χ4v) is 5.17. The maximum Gasteiger partial charge on any atom is 0.241 e. The van der Waals surface area contributed by atoms with E-state index in [2.05, 4.69) is 22.2 Å². The van der Waals surface area contributed by atoms with Gasteiger partial charge in [-0.25, -0.2) is 13.1 Å². The van der Waals surface area contributed by atoms with Crippen molar-refractivity contribution in [1.29, 1.82) is 0 Å². The number of hydrogen-bond donors (Lipinski definition) is 2. The Morgan fingerprint density at radius 3 is 2.42 bits per heavy atom. The summed E-state index contributed by atoms with van der Waals surface area (Å²) in [5, 5.41) is 3.58. The van der Waals surface area contributed by atoms with E-state index < -0.39 is 15.6 Å². The number of rotatable bonds is 6. The van der Waals surface area contributed by atoms with Crippen LogP contribution in [0.5, 0.6) is 0 Å². The van der Waals surface area contributed by atoms with Crippen molar-refractivity contribution in [2.45, 2.75) is 62.6 Å². The van der Waals surface area contributed by atoms with Crippen LogP contribution in [0.15, 0.2) is 59.5 Å². The second kappa shape index (κ2) is 7.91. The van der Waals surface area contributed by atoms with Crippen molar-refractivity contribution < 1.29 is 8.42 Å². The molecule has 0 aliphatic heterocycles. The highest BCUT2D eigenvalue weighted by Crippen LogP contribution is 2.30. The third-order valence-corrected chi connectivity index (χ3v) is 6.93. The van der Waals surface area contributed by atoms with Crippen molar-refractivity contribution in [3.8, 4) is 0 Å². The Hall–Kier alpha value is -1.69. The Kier molecular flexibility index (Phi) is 5.80. The van der Waals surface area contributed by atoms with Gasteiger partial charge in [-0.1, -0.05) is 60.9 Å². The summed E-state index contributed by atoms with van der Waals surface area (Å²) in [6.45, 7) is 4.73. The highest BCUT2D eigenvalue weighted by molar-refractivity contribution is 7.89. The molecule has 5 heteroatoms. The molecule has 1 fully saturated rings. The van der Waals surface area contributed by atoms with Crippen LogP contribution in [0.4, 0.5) is 0 Å². The molecule has 0 heterocycles. The second-order valence-electron chi connectivity index (χ2n) is 7.50. The molecule has 2 aromatic rings. The fraction of sp³-hybridized carbons (Fsp3) is 0.429. The van der Waals surface area contributed by atoms with Gasteiger partial charge in [0.1, 0.15) is 0 Å². The van der Waals surface area contributed by atoms with Crippen LogP contribution < -0.4 is 10.0 Å². The van der Waals surface area contributed by atoms with Crippen molar-refractivity contribution in [1.82, 2.24) is 10.0 Å². The van der Waals surface area contributed by atoms with Gasteiger partial charge in [0.05, 0.1) is 4.90 Å². The van der Waals surface area contributed by atoms with Crippen molar-refractivity contribution in [2.75, 3.05) is 0 Å². The number of benzene rings is 2. The minimum absolute atomic E-state index is 0.108. The van der Waals surface area contributed by atoms with Crippen LogP contribution in [-0.2, 0) is 16.6 Å². The molecular formula is C21H28N2O2S. The number of sulfonamides is 1. The molecule has 1 aliphatic carbocycles. The highest BCUT2D eigenvalue weighted by Gasteiger charge is 2.39. The molecule has 2 aromatic carbocycles. The number of hydrogen-bond acceptors (Lipinski definition) is 3. The third-order valence-electron chi connectivity index (χ3n) is 5.30. The van der Waals surface area contributed by atoms with Crippen molar-refractivity contribution in [3.63, 3.8) is 0 Å². The topological polar surface area (TPSA) is 58.2 Å². The van der Waals surface area contributed by atoms with Gasteiger partial charge in [0.15, 0.2) is 0 Å². The molecule has 1 aliphatic rings. The Balaban J connectivity index is 1.75. The van der Waals surface area contributed by atoms with E-state index in [0.29, 0.717) is 4.90 Å². The van der Waals surface area contributed by atoms with Crippen LogP contribution in [0.1, 0.15) is 43.7 Å². The highest BCUT2D eigenvalue weighted by atomic mass is 32.2. The van der Waals surface area contributed by atoms with E-state index >= 15 is 0 Å². The van der Waals surface area contributed by atoms with Gasteiger partial charge in [-0.05, 0) is 44.4 Å². The smallest absolute Gasteiger partial charge is 0.241 e. The van der Waals surface area contributed by atoms with E-state index in [4.69, 9.17) is 0 Å². The zero-order valence-corrected chi connectivity index (χ0v) is 16.4. The molecule has 140 valence electrons. The molecular weight excluding hydrogens is 344 g/mol. The summed E-state index contributed by atoms with van der Waals surface area (Å²) in [5.41, 5.74) is 1.77. The van der Waals surface area contributed by atoms with Crippen LogP contribution in [0, 0.1) is 6.92 Å². The molecule has 0 radical (unpaired) electrons. The van der Waals surface area contributed by atoms with Crippen molar-refractivity contribution in [3.05, 3.63) is 65.7 Å². The average Bonchev–Trinajstić information content (AvgIpc) is 2.61. The van der Waals surface area contributed by atoms with Gasteiger partial charge in [-0.15, -0.1) is 0 Å². The Bertz CT molecular complexity index is 819. The van der Waals surface area contributed by atoms with Crippen LogP contribution in [0.2, 0.25) is 0 Å². The molecule has 0 spiro atoms. The van der Waals surface area contributed by atoms with Gasteiger partial charge in [0, 0.05) is 18.1 Å². The molecule has 0 amide bonds. The molecule has 1 saturated carbocycles. The van der Waals surface area contributed by atoms with E-state index in [1.807, 2.05) is 44.2 Å². The van der Waals surface area contributed by atoms with Crippen LogP contribution in [0.25, 0.3) is 0 Å². The zero-order chi connectivity index (χ0) is 18.6. The second-order valence-corrected chi connectivity index (χ2v) is 9.18. The lowest BCUT2D eigenvalue weighted by atomic mass is 9.79. The number of nitrogens with one attached hydrogen (secondary N) is 2. The Morgan fingerprint density at radius 2 is 1.73 bits per heavy atom. The maximum absolute atomic E-state index is 12.9. The normalized spacial score (nSPS) is 23.7. The first-order valence-electron chi connectivity index (χ1n) is 9.27. The van der Waals surface area contributed by atoms with E-state index in [1.165, 1.54) is 5.56 Å². The molecule has 0 saturated heterocycles. The van der Waals surface area contributed by atoms with Gasteiger partial charge in [-0.2, -0.15) is 0 Å². The minimum Gasteiger partial charge on any atom is -0.308 e. The molecule has 2 atom stereocenters. The summed E-state index contributed by atoms with van der Waals surface area (Å²) in [7, 11) is -3.54. The van der Waals surface area contributed by atoms with Crippen molar-refractivity contribution in [2.24, 2.45) is 0 Å².